The summed E-state index contributed by atoms with van der Waals surface area (Å²) in [5.74, 6) is 1.03. The maximum atomic E-state index is 12.8. The maximum Gasteiger partial charge on any atom is 0.320 e. The molecule has 8 nitrogen and oxygen atoms in total. The van der Waals surface area contributed by atoms with E-state index in [9.17, 15) is 4.79 Å². The quantitative estimate of drug-likeness (QED) is 0.244. The fourth-order valence-corrected chi connectivity index (χ4v) is 4.37. The smallest absolute Gasteiger partial charge is 0.320 e. The van der Waals surface area contributed by atoms with Crippen LogP contribution in [-0.4, -0.2) is 57.6 Å². The van der Waals surface area contributed by atoms with Crippen LogP contribution in [-0.2, 0) is 12.8 Å². The molecule has 0 aliphatic heterocycles. The van der Waals surface area contributed by atoms with Crippen molar-refractivity contribution in [1.29, 1.82) is 0 Å². The summed E-state index contributed by atoms with van der Waals surface area (Å²) in [5.41, 5.74) is 4.55. The predicted molar refractivity (Wildman–Crippen MR) is 159 cm³/mol. The van der Waals surface area contributed by atoms with Crippen molar-refractivity contribution in [1.82, 2.24) is 25.2 Å². The molecule has 2 heterocycles. The van der Waals surface area contributed by atoms with Gasteiger partial charge in [-0.1, -0.05) is 45.9 Å². The third-order valence-corrected chi connectivity index (χ3v) is 6.55. The molecule has 1 aromatic carbocycles. The molecule has 0 aliphatic carbocycles. The van der Waals surface area contributed by atoms with E-state index in [1.54, 1.807) is 6.20 Å². The van der Waals surface area contributed by atoms with Crippen LogP contribution in [0.3, 0.4) is 0 Å². The third-order valence-electron chi connectivity index (χ3n) is 6.55. The Morgan fingerprint density at radius 2 is 1.61 bits per heavy atom. The molecule has 3 N–H and O–H groups in total. The zero-order valence-corrected chi connectivity index (χ0v) is 24.2. The van der Waals surface area contributed by atoms with Crippen molar-refractivity contribution in [2.24, 2.45) is 0 Å². The molecule has 0 bridgehead atoms. The number of carbonyl (C=O) groups is 1. The molecular formula is C30H45N7O. The van der Waals surface area contributed by atoms with Gasteiger partial charge in [-0.3, -0.25) is 5.32 Å². The van der Waals surface area contributed by atoms with Gasteiger partial charge in [-0.05, 0) is 88.8 Å². The highest BCUT2D eigenvalue weighted by atomic mass is 16.2. The second-order valence-corrected chi connectivity index (χ2v) is 10.7. The van der Waals surface area contributed by atoms with Crippen molar-refractivity contribution in [3.8, 4) is 11.1 Å². The Kier molecular flexibility index (Phi) is 10.4. The summed E-state index contributed by atoms with van der Waals surface area (Å²) in [6.45, 7) is 18.6. The molecule has 0 atom stereocenters. The van der Waals surface area contributed by atoms with E-state index in [1.807, 2.05) is 26.8 Å². The molecule has 0 fully saturated rings. The SMILES string of the molecule is CCc1cc(CC)cc(-c2cc3cnc(NCCCCN(CC)CC)nc3nc2NC(=O)NC(C)(C)C)c1. The topological polar surface area (TPSA) is 95.1 Å². The number of hydrogen-bond acceptors (Lipinski definition) is 6. The van der Waals surface area contributed by atoms with Gasteiger partial charge in [-0.25, -0.2) is 14.8 Å². The van der Waals surface area contributed by atoms with E-state index in [0.29, 0.717) is 17.4 Å². The number of fused-ring (bicyclic) bond motifs is 1. The first-order valence-electron chi connectivity index (χ1n) is 14.0. The molecule has 206 valence electrons. The molecule has 38 heavy (non-hydrogen) atoms. The predicted octanol–water partition coefficient (Wildman–Crippen LogP) is 6.27. The number of anilines is 2. The molecule has 2 amide bonds. The molecule has 3 aromatic rings. The van der Waals surface area contributed by atoms with Crippen LogP contribution in [0, 0.1) is 0 Å². The lowest BCUT2D eigenvalue weighted by Crippen LogP contribution is -2.43. The number of aromatic nitrogens is 3. The molecule has 0 saturated carbocycles. The lowest BCUT2D eigenvalue weighted by Gasteiger charge is -2.21. The number of aryl methyl sites for hydroxylation is 2. The fourth-order valence-electron chi connectivity index (χ4n) is 4.37. The van der Waals surface area contributed by atoms with Crippen LogP contribution in [0.1, 0.15) is 72.4 Å². The van der Waals surface area contributed by atoms with E-state index < -0.39 is 0 Å². The van der Waals surface area contributed by atoms with Crippen LogP contribution < -0.4 is 16.0 Å². The second kappa shape index (κ2) is 13.5. The summed E-state index contributed by atoms with van der Waals surface area (Å²) in [6.07, 6.45) is 5.83. The first kappa shape index (κ1) is 29.3. The number of carbonyl (C=O) groups excluding carboxylic acids is 1. The summed E-state index contributed by atoms with van der Waals surface area (Å²) in [4.78, 5) is 29.3. The van der Waals surface area contributed by atoms with E-state index in [0.717, 1.165) is 68.4 Å². The zero-order valence-electron chi connectivity index (χ0n) is 24.2. The van der Waals surface area contributed by atoms with Crippen molar-refractivity contribution in [3.05, 3.63) is 41.6 Å². The largest absolute Gasteiger partial charge is 0.354 e. The van der Waals surface area contributed by atoms with Crippen LogP contribution in [0.15, 0.2) is 30.5 Å². The summed E-state index contributed by atoms with van der Waals surface area (Å²) >= 11 is 0. The van der Waals surface area contributed by atoms with Crippen LogP contribution in [0.2, 0.25) is 0 Å². The maximum absolute atomic E-state index is 12.8. The molecule has 0 radical (unpaired) electrons. The molecular weight excluding hydrogens is 474 g/mol. The number of unbranched alkanes of at least 4 members (excludes halogenated alkanes) is 1. The Balaban J connectivity index is 1.90. The first-order valence-corrected chi connectivity index (χ1v) is 14.0. The summed E-state index contributed by atoms with van der Waals surface area (Å²) in [6, 6.07) is 8.30. The molecule has 0 aliphatic rings. The number of pyridine rings is 1. The highest BCUT2D eigenvalue weighted by Gasteiger charge is 2.18. The minimum Gasteiger partial charge on any atom is -0.354 e. The summed E-state index contributed by atoms with van der Waals surface area (Å²) in [5, 5.41) is 10.1. The van der Waals surface area contributed by atoms with E-state index in [4.69, 9.17) is 4.98 Å². The number of hydrogen-bond donors (Lipinski definition) is 3. The van der Waals surface area contributed by atoms with Crippen LogP contribution in [0.5, 0.6) is 0 Å². The van der Waals surface area contributed by atoms with Gasteiger partial charge >= 0.3 is 6.03 Å². The summed E-state index contributed by atoms with van der Waals surface area (Å²) in [7, 11) is 0. The van der Waals surface area contributed by atoms with Gasteiger partial charge in [0.1, 0.15) is 5.82 Å². The van der Waals surface area contributed by atoms with Gasteiger partial charge < -0.3 is 15.5 Å². The molecule has 0 saturated heterocycles. The Bertz CT molecular complexity index is 1190. The monoisotopic (exact) mass is 519 g/mol. The van der Waals surface area contributed by atoms with Crippen molar-refractivity contribution in [3.63, 3.8) is 0 Å². The number of rotatable bonds is 12. The molecule has 0 unspecified atom stereocenters. The Morgan fingerprint density at radius 3 is 2.21 bits per heavy atom. The number of nitrogens with zero attached hydrogens (tertiary/aromatic N) is 4. The molecule has 0 spiro atoms. The van der Waals surface area contributed by atoms with Crippen molar-refractivity contribution in [2.45, 2.75) is 79.7 Å². The summed E-state index contributed by atoms with van der Waals surface area (Å²) < 4.78 is 0. The molecule has 3 rings (SSSR count). The number of urea groups is 1. The number of amides is 2. The second-order valence-electron chi connectivity index (χ2n) is 10.7. The number of benzene rings is 1. The van der Waals surface area contributed by atoms with Gasteiger partial charge in [-0.2, -0.15) is 4.98 Å². The lowest BCUT2D eigenvalue weighted by atomic mass is 9.97. The average molecular weight is 520 g/mol. The van der Waals surface area contributed by atoms with Crippen LogP contribution in [0.25, 0.3) is 22.2 Å². The van der Waals surface area contributed by atoms with Gasteiger partial charge in [0.05, 0.1) is 0 Å². The highest BCUT2D eigenvalue weighted by Crippen LogP contribution is 2.32. The Hall–Kier alpha value is -3.26. The lowest BCUT2D eigenvalue weighted by molar-refractivity contribution is 0.243. The average Bonchev–Trinajstić information content (AvgIpc) is 2.88. The van der Waals surface area contributed by atoms with Crippen molar-refractivity contribution in [2.75, 3.05) is 36.8 Å². The molecule has 8 heteroatoms. The van der Waals surface area contributed by atoms with E-state index in [1.165, 1.54) is 11.1 Å². The normalized spacial score (nSPS) is 11.7. The Morgan fingerprint density at radius 1 is 0.921 bits per heavy atom. The molecule has 2 aromatic heterocycles. The van der Waals surface area contributed by atoms with E-state index >= 15 is 0 Å². The minimum atomic E-state index is -0.372. The van der Waals surface area contributed by atoms with Crippen LogP contribution >= 0.6 is 0 Å². The highest BCUT2D eigenvalue weighted by molar-refractivity contribution is 5.96. The standard InChI is InChI=1S/C30H45N7O/c1-8-21-16-22(9-2)18-23(17-21)25-19-24-20-32-28(31-14-12-13-15-37(10-3)11-4)34-26(24)33-27(25)35-29(38)36-30(5,6)7/h16-20H,8-15H2,1-7H3,(H3,31,32,33,34,35,36,38). The van der Waals surface area contributed by atoms with Crippen molar-refractivity contribution >= 4 is 28.8 Å². The Labute approximate surface area is 228 Å². The number of nitrogens with one attached hydrogen (secondary N) is 3. The van der Waals surface area contributed by atoms with Gasteiger partial charge in [0.2, 0.25) is 5.95 Å². The minimum absolute atomic E-state index is 0.298. The van der Waals surface area contributed by atoms with Gasteiger partial charge in [-0.15, -0.1) is 0 Å². The van der Waals surface area contributed by atoms with E-state index in [2.05, 4.69) is 76.7 Å². The fraction of sp³-hybridized carbons (Fsp3) is 0.533. The third kappa shape index (κ3) is 8.38. The zero-order chi connectivity index (χ0) is 27.7. The van der Waals surface area contributed by atoms with Crippen molar-refractivity contribution < 1.29 is 4.79 Å². The van der Waals surface area contributed by atoms with Gasteiger partial charge in [0, 0.05) is 29.2 Å². The van der Waals surface area contributed by atoms with E-state index in [-0.39, 0.29) is 11.6 Å². The van der Waals surface area contributed by atoms with Crippen LogP contribution in [0.4, 0.5) is 16.6 Å². The van der Waals surface area contributed by atoms with Gasteiger partial charge in [0.15, 0.2) is 5.65 Å². The van der Waals surface area contributed by atoms with Gasteiger partial charge in [0.25, 0.3) is 0 Å². The first-order chi connectivity index (χ1) is 18.1.